The van der Waals surface area contributed by atoms with Gasteiger partial charge < -0.3 is 32.5 Å². The first-order chi connectivity index (χ1) is 11.5. The molecule has 25 heavy (non-hydrogen) atoms. The molecule has 0 saturated heterocycles. The van der Waals surface area contributed by atoms with Gasteiger partial charge in [0.15, 0.2) is 0 Å². The zero-order valence-electron chi connectivity index (χ0n) is 14.4. The largest absolute Gasteiger partial charge is 0.480 e. The van der Waals surface area contributed by atoms with Gasteiger partial charge in [-0.1, -0.05) is 13.8 Å². The van der Waals surface area contributed by atoms with Crippen LogP contribution in [0.1, 0.15) is 27.2 Å². The zero-order chi connectivity index (χ0) is 19.7. The summed E-state index contributed by atoms with van der Waals surface area (Å²) in [4.78, 5) is 57.0. The summed E-state index contributed by atoms with van der Waals surface area (Å²) in [6, 6.07) is -3.27. The Balaban J connectivity index is 4.60. The Morgan fingerprint density at radius 1 is 1.00 bits per heavy atom. The van der Waals surface area contributed by atoms with E-state index < -0.39 is 54.3 Å². The van der Waals surface area contributed by atoms with Crippen molar-refractivity contribution in [3.63, 3.8) is 0 Å². The Labute approximate surface area is 144 Å². The Hall–Kier alpha value is -2.69. The van der Waals surface area contributed by atoms with E-state index in [0.717, 1.165) is 0 Å². The number of carboxylic acid groups (broad SMARTS) is 1. The minimum absolute atomic E-state index is 0.322. The maximum Gasteiger partial charge on any atom is 0.325 e. The minimum atomic E-state index is -1.21. The van der Waals surface area contributed by atoms with E-state index in [-0.39, 0.29) is 12.3 Å². The van der Waals surface area contributed by atoms with Crippen LogP contribution < -0.4 is 27.4 Å². The number of amides is 4. The average molecular weight is 359 g/mol. The molecule has 0 saturated carbocycles. The summed E-state index contributed by atoms with van der Waals surface area (Å²) in [7, 11) is 0. The highest BCUT2D eigenvalue weighted by Crippen LogP contribution is 2.02. The molecule has 3 atom stereocenters. The van der Waals surface area contributed by atoms with Gasteiger partial charge in [0, 0.05) is 0 Å². The molecule has 3 unspecified atom stereocenters. The lowest BCUT2D eigenvalue weighted by molar-refractivity contribution is -0.142. The third-order valence-electron chi connectivity index (χ3n) is 3.18. The van der Waals surface area contributed by atoms with Crippen molar-refractivity contribution >= 4 is 29.6 Å². The van der Waals surface area contributed by atoms with Crippen LogP contribution in [-0.4, -0.2) is 59.4 Å². The fraction of sp³-hybridized carbons (Fsp3) is 0.643. The summed E-state index contributed by atoms with van der Waals surface area (Å²) in [5.74, 6) is -4.35. The minimum Gasteiger partial charge on any atom is -0.480 e. The summed E-state index contributed by atoms with van der Waals surface area (Å²) >= 11 is 0. The second-order valence-corrected chi connectivity index (χ2v) is 5.85. The number of rotatable bonds is 10. The van der Waals surface area contributed by atoms with E-state index in [2.05, 4.69) is 16.0 Å². The van der Waals surface area contributed by atoms with Gasteiger partial charge in [-0.25, -0.2) is 0 Å². The van der Waals surface area contributed by atoms with Gasteiger partial charge in [-0.2, -0.15) is 0 Å². The molecule has 0 aliphatic rings. The molecule has 0 radical (unpaired) electrons. The number of hydrogen-bond donors (Lipinski definition) is 6. The summed E-state index contributed by atoms with van der Waals surface area (Å²) < 4.78 is 0. The zero-order valence-corrected chi connectivity index (χ0v) is 14.4. The molecule has 0 aromatic rings. The predicted molar refractivity (Wildman–Crippen MR) is 86.8 cm³/mol. The summed E-state index contributed by atoms with van der Waals surface area (Å²) in [5, 5.41) is 15.7. The number of primary amides is 1. The number of nitrogens with two attached hydrogens (primary N) is 2. The lowest BCUT2D eigenvalue weighted by atomic mass is 10.0. The van der Waals surface area contributed by atoms with Crippen LogP contribution in [-0.2, 0) is 24.0 Å². The van der Waals surface area contributed by atoms with Crippen LogP contribution in [0.3, 0.4) is 0 Å². The quantitative estimate of drug-likeness (QED) is 0.239. The highest BCUT2D eigenvalue weighted by atomic mass is 16.4. The Kier molecular flexibility index (Phi) is 9.13. The van der Waals surface area contributed by atoms with E-state index in [1.165, 1.54) is 6.92 Å². The van der Waals surface area contributed by atoms with Gasteiger partial charge in [-0.15, -0.1) is 0 Å². The molecule has 0 fully saturated rings. The first-order valence-electron chi connectivity index (χ1n) is 7.59. The van der Waals surface area contributed by atoms with Crippen molar-refractivity contribution in [2.45, 2.75) is 45.3 Å². The number of nitrogens with one attached hydrogen (secondary N) is 3. The highest BCUT2D eigenvalue weighted by molar-refractivity contribution is 5.93. The molecular weight excluding hydrogens is 334 g/mol. The van der Waals surface area contributed by atoms with Crippen molar-refractivity contribution in [3.05, 3.63) is 0 Å². The van der Waals surface area contributed by atoms with Gasteiger partial charge in [-0.3, -0.25) is 24.0 Å². The molecule has 8 N–H and O–H groups in total. The maximum atomic E-state index is 12.1. The van der Waals surface area contributed by atoms with Gasteiger partial charge in [0.2, 0.25) is 23.6 Å². The van der Waals surface area contributed by atoms with E-state index in [0.29, 0.717) is 0 Å². The molecular formula is C14H25N5O6. The number of carbonyl (C=O) groups is 5. The number of carboxylic acids is 1. The van der Waals surface area contributed by atoms with Crippen molar-refractivity contribution in [1.29, 1.82) is 0 Å². The van der Waals surface area contributed by atoms with E-state index >= 15 is 0 Å². The van der Waals surface area contributed by atoms with E-state index in [1.54, 1.807) is 13.8 Å². The normalized spacial score (nSPS) is 14.1. The molecule has 0 aliphatic carbocycles. The fourth-order valence-corrected chi connectivity index (χ4v) is 1.73. The maximum absolute atomic E-state index is 12.1. The van der Waals surface area contributed by atoms with Crippen molar-refractivity contribution < 1.29 is 29.1 Å². The van der Waals surface area contributed by atoms with E-state index in [9.17, 15) is 24.0 Å². The second-order valence-electron chi connectivity index (χ2n) is 5.85. The first-order valence-corrected chi connectivity index (χ1v) is 7.59. The van der Waals surface area contributed by atoms with Gasteiger partial charge in [-0.05, 0) is 12.8 Å². The third-order valence-corrected chi connectivity index (χ3v) is 3.18. The van der Waals surface area contributed by atoms with Crippen LogP contribution in [0.25, 0.3) is 0 Å². The third kappa shape index (κ3) is 8.65. The fourth-order valence-electron chi connectivity index (χ4n) is 1.73. The van der Waals surface area contributed by atoms with E-state index in [4.69, 9.17) is 16.6 Å². The van der Waals surface area contributed by atoms with Crippen molar-refractivity contribution in [1.82, 2.24) is 16.0 Å². The van der Waals surface area contributed by atoms with E-state index in [1.807, 2.05) is 0 Å². The molecule has 0 rings (SSSR count). The van der Waals surface area contributed by atoms with Gasteiger partial charge in [0.25, 0.3) is 0 Å². The lowest BCUT2D eigenvalue weighted by Gasteiger charge is -2.23. The first kappa shape index (κ1) is 22.3. The van der Waals surface area contributed by atoms with Crippen molar-refractivity contribution in [3.8, 4) is 0 Å². The summed E-state index contributed by atoms with van der Waals surface area (Å²) in [6.45, 7) is 4.16. The number of aliphatic carboxylic acids is 1. The molecule has 0 bridgehead atoms. The van der Waals surface area contributed by atoms with Gasteiger partial charge >= 0.3 is 5.97 Å². The van der Waals surface area contributed by atoms with Crippen molar-refractivity contribution in [2.24, 2.45) is 17.4 Å². The van der Waals surface area contributed by atoms with Crippen LogP contribution in [0.4, 0.5) is 0 Å². The topological polar surface area (TPSA) is 194 Å². The molecule has 0 heterocycles. The Morgan fingerprint density at radius 2 is 1.56 bits per heavy atom. The highest BCUT2D eigenvalue weighted by Gasteiger charge is 2.27. The molecule has 0 spiro atoms. The Morgan fingerprint density at radius 3 is 2.00 bits per heavy atom. The molecule has 0 aliphatic heterocycles. The molecule has 0 aromatic heterocycles. The summed E-state index contributed by atoms with van der Waals surface area (Å²) in [5.41, 5.74) is 10.3. The summed E-state index contributed by atoms with van der Waals surface area (Å²) in [6.07, 6.45) is -0.364. The van der Waals surface area contributed by atoms with Crippen LogP contribution >= 0.6 is 0 Å². The predicted octanol–water partition coefficient (Wildman–Crippen LogP) is -2.96. The Bertz CT molecular complexity index is 536. The standard InChI is InChI=1S/C14H25N5O6/c1-6(2)11(13(23)18-7(3)14(24)25)19-10(21)5-17-12(22)8(15)4-9(16)20/h6-8,11H,4-5,15H2,1-3H3,(H2,16,20)(H,17,22)(H,18,23)(H,19,21)(H,24,25). The molecule has 4 amide bonds. The number of carbonyl (C=O) groups excluding carboxylic acids is 4. The average Bonchev–Trinajstić information content (AvgIpc) is 2.48. The molecule has 11 nitrogen and oxygen atoms in total. The molecule has 0 aromatic carbocycles. The van der Waals surface area contributed by atoms with Crippen LogP contribution in [0.15, 0.2) is 0 Å². The second kappa shape index (κ2) is 10.2. The van der Waals surface area contributed by atoms with Crippen LogP contribution in [0.5, 0.6) is 0 Å². The SMILES string of the molecule is CC(NC(=O)C(NC(=O)CNC(=O)C(N)CC(N)=O)C(C)C)C(=O)O. The van der Waals surface area contributed by atoms with Gasteiger partial charge in [0.05, 0.1) is 19.0 Å². The van der Waals surface area contributed by atoms with Gasteiger partial charge in [0.1, 0.15) is 12.1 Å². The lowest BCUT2D eigenvalue weighted by Crippen LogP contribution is -2.55. The molecule has 142 valence electrons. The van der Waals surface area contributed by atoms with Crippen molar-refractivity contribution in [2.75, 3.05) is 6.54 Å². The van der Waals surface area contributed by atoms with Crippen LogP contribution in [0.2, 0.25) is 0 Å². The monoisotopic (exact) mass is 359 g/mol. The van der Waals surface area contributed by atoms with Crippen LogP contribution in [0, 0.1) is 5.92 Å². The number of hydrogen-bond acceptors (Lipinski definition) is 6. The molecule has 11 heteroatoms. The smallest absolute Gasteiger partial charge is 0.325 e.